The lowest BCUT2D eigenvalue weighted by Crippen LogP contribution is -2.56. The number of hydrogen-bond acceptors (Lipinski definition) is 7. The number of aldehydes is 1. The summed E-state index contributed by atoms with van der Waals surface area (Å²) >= 11 is 2.36. The molecule has 3 aliphatic rings. The van der Waals surface area contributed by atoms with E-state index >= 15 is 0 Å². The number of ether oxygens (including phenoxy) is 3. The lowest BCUT2D eigenvalue weighted by molar-refractivity contribution is -0.116. The number of aryl methyl sites for hydroxylation is 1. The number of piperidine rings is 1. The third-order valence-electron chi connectivity index (χ3n) is 8.70. The maximum absolute atomic E-state index is 13.4. The molecule has 3 aromatic rings. The Balaban J connectivity index is 1.15. The summed E-state index contributed by atoms with van der Waals surface area (Å²) in [6.07, 6.45) is 1.72. The zero-order valence-electron chi connectivity index (χ0n) is 24.9. The highest BCUT2D eigenvalue weighted by atomic mass is 127. The van der Waals surface area contributed by atoms with Gasteiger partial charge in [-0.1, -0.05) is 56.3 Å². The number of anilines is 2. The van der Waals surface area contributed by atoms with Crippen molar-refractivity contribution in [1.29, 1.82) is 0 Å². The molecule has 10 heteroatoms. The van der Waals surface area contributed by atoms with Crippen LogP contribution in [0.5, 0.6) is 5.75 Å². The van der Waals surface area contributed by atoms with E-state index in [0.717, 1.165) is 29.4 Å². The number of carbonyl (C=O) groups is 3. The fraction of sp³-hybridized carbons (Fsp3) is 0.382. The Morgan fingerprint density at radius 1 is 1.07 bits per heavy atom. The fourth-order valence-electron chi connectivity index (χ4n) is 6.62. The van der Waals surface area contributed by atoms with Crippen molar-refractivity contribution in [3.05, 3.63) is 77.9 Å². The van der Waals surface area contributed by atoms with Gasteiger partial charge in [-0.05, 0) is 54.5 Å². The van der Waals surface area contributed by atoms with Gasteiger partial charge < -0.3 is 19.5 Å². The first-order valence-corrected chi connectivity index (χ1v) is 15.9. The summed E-state index contributed by atoms with van der Waals surface area (Å²) in [6, 6.07) is 21.0. The Labute approximate surface area is 271 Å². The number of nitrogens with zero attached hydrogens (tertiary/aromatic N) is 1. The number of hydrogen-bond donors (Lipinski definition) is 2. The highest BCUT2D eigenvalue weighted by molar-refractivity contribution is 14.1. The average Bonchev–Trinajstić information content (AvgIpc) is 3.70. The molecule has 0 saturated carbocycles. The van der Waals surface area contributed by atoms with Crippen molar-refractivity contribution in [2.45, 2.75) is 70.4 Å². The SMILES string of the molecule is CCOc1cc(NC(=O)CCc2ccc(-c3ccccc3)c(NC(=O)OC3CC(C)(C)C4C5OC5C3N4I)c2)ccc1C=O. The summed E-state index contributed by atoms with van der Waals surface area (Å²) in [5.41, 5.74) is 4.28. The molecule has 3 aromatic carbocycles. The summed E-state index contributed by atoms with van der Waals surface area (Å²) in [6.45, 7) is 6.67. The Kier molecular flexibility index (Phi) is 8.67. The molecule has 6 rings (SSSR count). The van der Waals surface area contributed by atoms with Crippen molar-refractivity contribution < 1.29 is 28.6 Å². The Bertz CT molecular complexity index is 1560. The molecular weight excluding hydrogens is 673 g/mol. The zero-order chi connectivity index (χ0) is 31.0. The number of amides is 2. The van der Waals surface area contributed by atoms with E-state index in [1.165, 1.54) is 0 Å². The molecule has 5 atom stereocenters. The molecule has 2 N–H and O–H groups in total. The van der Waals surface area contributed by atoms with E-state index in [-0.39, 0.29) is 42.1 Å². The van der Waals surface area contributed by atoms with Gasteiger partial charge in [0.15, 0.2) is 6.29 Å². The highest BCUT2D eigenvalue weighted by Gasteiger charge is 2.70. The Hall–Kier alpha value is -3.48. The molecular formula is C34H36IN3O6. The highest BCUT2D eigenvalue weighted by Crippen LogP contribution is 2.57. The van der Waals surface area contributed by atoms with Crippen molar-refractivity contribution in [2.24, 2.45) is 5.41 Å². The van der Waals surface area contributed by atoms with Crippen molar-refractivity contribution >= 4 is 52.5 Å². The molecule has 5 unspecified atom stereocenters. The van der Waals surface area contributed by atoms with Crippen molar-refractivity contribution in [2.75, 3.05) is 17.2 Å². The van der Waals surface area contributed by atoms with Crippen LogP contribution in [-0.4, -0.2) is 58.4 Å². The van der Waals surface area contributed by atoms with Gasteiger partial charge in [0.2, 0.25) is 5.91 Å². The quantitative estimate of drug-likeness (QED) is 0.105. The molecule has 3 fully saturated rings. The average molecular weight is 710 g/mol. The van der Waals surface area contributed by atoms with E-state index in [2.05, 4.69) is 50.5 Å². The van der Waals surface area contributed by atoms with E-state index in [0.29, 0.717) is 41.8 Å². The first kappa shape index (κ1) is 30.5. The van der Waals surface area contributed by atoms with Crippen LogP contribution >= 0.6 is 22.9 Å². The van der Waals surface area contributed by atoms with Crippen LogP contribution in [0.4, 0.5) is 16.2 Å². The second-order valence-corrected chi connectivity index (χ2v) is 13.3. The summed E-state index contributed by atoms with van der Waals surface area (Å²) in [4.78, 5) is 37.5. The molecule has 2 amide bonds. The van der Waals surface area contributed by atoms with Crippen molar-refractivity contribution in [3.8, 4) is 16.9 Å². The van der Waals surface area contributed by atoms with Crippen LogP contribution in [0.25, 0.3) is 11.1 Å². The number of benzene rings is 3. The topological polar surface area (TPSA) is 110 Å². The number of carbonyl (C=O) groups excluding carboxylic acids is 3. The second-order valence-electron chi connectivity index (χ2n) is 12.2. The third-order valence-corrected chi connectivity index (χ3v) is 9.94. The monoisotopic (exact) mass is 709 g/mol. The molecule has 0 spiro atoms. The minimum absolute atomic E-state index is 0.0436. The minimum atomic E-state index is -0.505. The molecule has 3 aliphatic heterocycles. The smallest absolute Gasteiger partial charge is 0.411 e. The van der Waals surface area contributed by atoms with Gasteiger partial charge >= 0.3 is 6.09 Å². The van der Waals surface area contributed by atoms with Crippen LogP contribution in [0, 0.1) is 5.41 Å². The van der Waals surface area contributed by atoms with Gasteiger partial charge in [-0.3, -0.25) is 14.9 Å². The lowest BCUT2D eigenvalue weighted by atomic mass is 9.77. The van der Waals surface area contributed by atoms with E-state index in [9.17, 15) is 14.4 Å². The molecule has 0 aromatic heterocycles. The van der Waals surface area contributed by atoms with Crippen LogP contribution in [-0.2, 0) is 20.7 Å². The molecule has 2 bridgehead atoms. The minimum Gasteiger partial charge on any atom is -0.493 e. The molecule has 3 heterocycles. The van der Waals surface area contributed by atoms with Gasteiger partial charge in [0, 0.05) is 46.6 Å². The number of halogens is 1. The summed E-state index contributed by atoms with van der Waals surface area (Å²) in [5.74, 6) is 0.255. The fourth-order valence-corrected chi connectivity index (χ4v) is 8.37. The predicted molar refractivity (Wildman–Crippen MR) is 176 cm³/mol. The molecule has 230 valence electrons. The van der Waals surface area contributed by atoms with Crippen LogP contribution in [0.1, 0.15) is 49.5 Å². The Morgan fingerprint density at radius 3 is 2.61 bits per heavy atom. The predicted octanol–water partition coefficient (Wildman–Crippen LogP) is 6.65. The summed E-state index contributed by atoms with van der Waals surface area (Å²) in [7, 11) is 0. The maximum atomic E-state index is 13.4. The van der Waals surface area contributed by atoms with Crippen LogP contribution in [0.3, 0.4) is 0 Å². The molecule has 44 heavy (non-hydrogen) atoms. The number of rotatable bonds is 10. The second kappa shape index (κ2) is 12.5. The van der Waals surface area contributed by atoms with E-state index in [1.807, 2.05) is 55.5 Å². The molecule has 3 saturated heterocycles. The maximum Gasteiger partial charge on any atom is 0.411 e. The van der Waals surface area contributed by atoms with Crippen LogP contribution in [0.15, 0.2) is 66.7 Å². The molecule has 0 radical (unpaired) electrons. The molecule has 9 nitrogen and oxygen atoms in total. The first-order chi connectivity index (χ1) is 21.2. The van der Waals surface area contributed by atoms with Gasteiger partial charge in [0.25, 0.3) is 0 Å². The van der Waals surface area contributed by atoms with Crippen LogP contribution in [0.2, 0.25) is 0 Å². The summed E-state index contributed by atoms with van der Waals surface area (Å²) < 4.78 is 19.9. The number of epoxide rings is 1. The standard InChI is InChI=1S/C34H36IN3O6/c1-4-42-26-17-23(13-12-22(26)19-39)36-28(40)15-11-20-10-14-24(21-8-6-5-7-9-21)25(16-20)37-33(41)43-27-18-34(2,3)32-31-30(44-31)29(27)38(32)35/h5-10,12-14,16-17,19,27,29-32H,4,11,15,18H2,1-3H3,(H,36,40)(H,37,41). The van der Waals surface area contributed by atoms with E-state index in [1.54, 1.807) is 18.2 Å². The van der Waals surface area contributed by atoms with Crippen molar-refractivity contribution in [1.82, 2.24) is 3.11 Å². The summed E-state index contributed by atoms with van der Waals surface area (Å²) in [5, 5.41) is 5.90. The van der Waals surface area contributed by atoms with Gasteiger partial charge in [0.05, 0.1) is 29.9 Å². The Morgan fingerprint density at radius 2 is 1.86 bits per heavy atom. The van der Waals surface area contributed by atoms with Crippen LogP contribution < -0.4 is 15.4 Å². The number of morpholine rings is 1. The number of fused-ring (bicyclic) bond motifs is 5. The number of nitrogens with one attached hydrogen (secondary N) is 2. The lowest BCUT2D eigenvalue weighted by Gasteiger charge is -2.46. The first-order valence-electron chi connectivity index (χ1n) is 15.0. The van der Waals surface area contributed by atoms with Gasteiger partial charge in [0.1, 0.15) is 24.1 Å². The van der Waals surface area contributed by atoms with Gasteiger partial charge in [-0.25, -0.2) is 7.91 Å². The van der Waals surface area contributed by atoms with Gasteiger partial charge in [-0.2, -0.15) is 0 Å². The van der Waals surface area contributed by atoms with Gasteiger partial charge in [-0.15, -0.1) is 0 Å². The van der Waals surface area contributed by atoms with Crippen molar-refractivity contribution in [3.63, 3.8) is 0 Å². The normalized spacial score (nSPS) is 24.6. The van der Waals surface area contributed by atoms with E-state index < -0.39 is 6.09 Å². The zero-order valence-corrected chi connectivity index (χ0v) is 27.1. The van der Waals surface area contributed by atoms with E-state index in [4.69, 9.17) is 14.2 Å². The largest absolute Gasteiger partial charge is 0.493 e. The molecule has 0 aliphatic carbocycles. The third kappa shape index (κ3) is 6.20.